The minimum atomic E-state index is -0.214. The summed E-state index contributed by atoms with van der Waals surface area (Å²) < 4.78 is 13.1. The number of hydrogen-bond donors (Lipinski definition) is 2. The van der Waals surface area contributed by atoms with Gasteiger partial charge in [-0.25, -0.2) is 4.39 Å². The maximum absolute atomic E-state index is 13.1. The van der Waals surface area contributed by atoms with Gasteiger partial charge < -0.3 is 10.2 Å². The van der Waals surface area contributed by atoms with E-state index in [0.717, 1.165) is 42.8 Å². The third-order valence-electron chi connectivity index (χ3n) is 6.65. The molecule has 0 amide bonds. The SMILES string of the molecule is CCC(C[C@H]1CCC2=CC(Nc3ccc(F)cc3)=CC[C@@]21C)NOc1cccnc1. The Hall–Kier alpha value is -2.66. The first kappa shape index (κ1) is 20.6. The van der Waals surface area contributed by atoms with Crippen LogP contribution in [0.4, 0.5) is 10.1 Å². The van der Waals surface area contributed by atoms with Gasteiger partial charge in [-0.05, 0) is 85.9 Å². The molecule has 0 aliphatic heterocycles. The summed E-state index contributed by atoms with van der Waals surface area (Å²) in [6.07, 6.45) is 13.5. The van der Waals surface area contributed by atoms with E-state index in [0.29, 0.717) is 12.0 Å². The van der Waals surface area contributed by atoms with Crippen LogP contribution in [0.3, 0.4) is 0 Å². The molecule has 158 valence electrons. The van der Waals surface area contributed by atoms with Crippen LogP contribution in [0.2, 0.25) is 0 Å². The molecule has 3 atom stereocenters. The number of hydrogen-bond acceptors (Lipinski definition) is 4. The fourth-order valence-electron chi connectivity index (χ4n) is 4.66. The molecule has 4 rings (SSSR count). The number of benzene rings is 1. The van der Waals surface area contributed by atoms with Crippen LogP contribution in [0.15, 0.2) is 72.2 Å². The number of anilines is 1. The summed E-state index contributed by atoms with van der Waals surface area (Å²) in [6, 6.07) is 10.6. The van der Waals surface area contributed by atoms with Gasteiger partial charge in [-0.1, -0.05) is 25.5 Å². The monoisotopic (exact) mass is 407 g/mol. The number of allylic oxidation sites excluding steroid dienone is 3. The molecule has 0 radical (unpaired) electrons. The molecule has 0 bridgehead atoms. The Morgan fingerprint density at radius 2 is 2.10 bits per heavy atom. The summed E-state index contributed by atoms with van der Waals surface area (Å²) in [5, 5.41) is 3.42. The molecule has 4 nitrogen and oxygen atoms in total. The van der Waals surface area contributed by atoms with Crippen LogP contribution in [0.1, 0.15) is 46.0 Å². The molecule has 0 spiro atoms. The van der Waals surface area contributed by atoms with Crippen molar-refractivity contribution in [3.05, 3.63) is 78.0 Å². The topological polar surface area (TPSA) is 46.2 Å². The smallest absolute Gasteiger partial charge is 0.165 e. The molecule has 2 aliphatic carbocycles. The van der Waals surface area contributed by atoms with Gasteiger partial charge in [-0.3, -0.25) is 4.98 Å². The highest BCUT2D eigenvalue weighted by atomic mass is 19.1. The minimum absolute atomic E-state index is 0.192. The van der Waals surface area contributed by atoms with Crippen molar-refractivity contribution in [2.45, 2.75) is 52.0 Å². The van der Waals surface area contributed by atoms with Gasteiger partial charge in [0.05, 0.1) is 6.20 Å². The van der Waals surface area contributed by atoms with Crippen molar-refractivity contribution < 1.29 is 9.23 Å². The van der Waals surface area contributed by atoms with Gasteiger partial charge in [0.25, 0.3) is 0 Å². The second kappa shape index (κ2) is 9.00. The molecular formula is C25H30FN3O. The maximum Gasteiger partial charge on any atom is 0.165 e. The Kier molecular flexibility index (Phi) is 6.18. The number of rotatable bonds is 8. The number of pyridine rings is 1. The molecule has 2 N–H and O–H groups in total. The third kappa shape index (κ3) is 4.57. The summed E-state index contributed by atoms with van der Waals surface area (Å²) in [6.45, 7) is 4.60. The fraction of sp³-hybridized carbons (Fsp3) is 0.400. The molecular weight excluding hydrogens is 377 g/mol. The van der Waals surface area contributed by atoms with Crippen LogP contribution in [0.25, 0.3) is 0 Å². The predicted octanol–water partition coefficient (Wildman–Crippen LogP) is 6.02. The Labute approximate surface area is 178 Å². The average Bonchev–Trinajstić information content (AvgIpc) is 3.09. The van der Waals surface area contributed by atoms with Gasteiger partial charge in [0, 0.05) is 23.6 Å². The van der Waals surface area contributed by atoms with Crippen LogP contribution in [0, 0.1) is 17.2 Å². The highest BCUT2D eigenvalue weighted by molar-refractivity contribution is 5.53. The molecule has 1 aromatic heterocycles. The molecule has 1 heterocycles. The normalized spacial score (nSPS) is 23.9. The number of nitrogens with one attached hydrogen (secondary N) is 2. The van der Waals surface area contributed by atoms with Crippen LogP contribution in [-0.4, -0.2) is 11.0 Å². The number of halogens is 1. The van der Waals surface area contributed by atoms with Crippen LogP contribution < -0.4 is 15.6 Å². The van der Waals surface area contributed by atoms with Crippen molar-refractivity contribution in [2.24, 2.45) is 11.3 Å². The second-order valence-electron chi connectivity index (χ2n) is 8.57. The molecule has 1 unspecified atom stereocenters. The first-order valence-corrected chi connectivity index (χ1v) is 10.8. The lowest BCUT2D eigenvalue weighted by Crippen LogP contribution is -2.36. The van der Waals surface area contributed by atoms with Gasteiger partial charge in [0.15, 0.2) is 5.75 Å². The van der Waals surface area contributed by atoms with Gasteiger partial charge in [-0.15, -0.1) is 0 Å². The van der Waals surface area contributed by atoms with E-state index in [4.69, 9.17) is 4.84 Å². The quantitative estimate of drug-likeness (QED) is 0.526. The van der Waals surface area contributed by atoms with Crippen molar-refractivity contribution in [3.63, 3.8) is 0 Å². The van der Waals surface area contributed by atoms with Crippen LogP contribution in [0.5, 0.6) is 5.75 Å². The van der Waals surface area contributed by atoms with Crippen molar-refractivity contribution in [1.29, 1.82) is 0 Å². The third-order valence-corrected chi connectivity index (χ3v) is 6.65. The first-order chi connectivity index (χ1) is 14.6. The minimum Gasteiger partial charge on any atom is -0.407 e. The lowest BCUT2D eigenvalue weighted by Gasteiger charge is -2.36. The lowest BCUT2D eigenvalue weighted by atomic mass is 9.70. The Morgan fingerprint density at radius 1 is 1.27 bits per heavy atom. The number of fused-ring (bicyclic) bond motifs is 1. The fourth-order valence-corrected chi connectivity index (χ4v) is 4.66. The Bertz CT molecular complexity index is 910. The molecule has 0 saturated heterocycles. The highest BCUT2D eigenvalue weighted by Crippen LogP contribution is 2.54. The Balaban J connectivity index is 1.37. The standard InChI is InChI=1S/C25H30FN3O/c1-3-21(29-30-24-5-4-14-27-17-24)15-18-6-7-19-16-23(12-13-25(18,19)2)28-22-10-8-20(26)9-11-22/h4-5,8-12,14,16-18,21,28-29H,3,6-7,13,15H2,1-2H3/t18-,21?,25-/m1/s1. The van der Waals surface area contributed by atoms with Crippen molar-refractivity contribution in [1.82, 2.24) is 10.5 Å². The van der Waals surface area contributed by atoms with E-state index in [9.17, 15) is 4.39 Å². The summed E-state index contributed by atoms with van der Waals surface area (Å²) in [5.41, 5.74) is 6.99. The van der Waals surface area contributed by atoms with Crippen LogP contribution >= 0.6 is 0 Å². The van der Waals surface area contributed by atoms with Gasteiger partial charge in [-0.2, -0.15) is 5.48 Å². The van der Waals surface area contributed by atoms with E-state index in [1.807, 2.05) is 12.1 Å². The van der Waals surface area contributed by atoms with Crippen molar-refractivity contribution in [3.8, 4) is 5.75 Å². The van der Waals surface area contributed by atoms with Gasteiger partial charge >= 0.3 is 0 Å². The zero-order valence-electron chi connectivity index (χ0n) is 17.7. The molecule has 1 fully saturated rings. The van der Waals surface area contributed by atoms with Crippen molar-refractivity contribution >= 4 is 5.69 Å². The van der Waals surface area contributed by atoms with E-state index < -0.39 is 0 Å². The largest absolute Gasteiger partial charge is 0.407 e. The maximum atomic E-state index is 13.1. The Morgan fingerprint density at radius 3 is 2.83 bits per heavy atom. The average molecular weight is 408 g/mol. The molecule has 1 aromatic carbocycles. The van der Waals surface area contributed by atoms with E-state index in [-0.39, 0.29) is 11.2 Å². The zero-order valence-corrected chi connectivity index (χ0v) is 17.7. The van der Waals surface area contributed by atoms with E-state index in [1.54, 1.807) is 24.5 Å². The molecule has 1 saturated carbocycles. The molecule has 2 aliphatic rings. The van der Waals surface area contributed by atoms with E-state index in [2.05, 4.69) is 41.8 Å². The van der Waals surface area contributed by atoms with Gasteiger partial charge in [0.1, 0.15) is 5.82 Å². The van der Waals surface area contributed by atoms with E-state index >= 15 is 0 Å². The highest BCUT2D eigenvalue weighted by Gasteiger charge is 2.43. The van der Waals surface area contributed by atoms with Crippen LogP contribution in [-0.2, 0) is 0 Å². The van der Waals surface area contributed by atoms with E-state index in [1.165, 1.54) is 24.1 Å². The summed E-state index contributed by atoms with van der Waals surface area (Å²) in [5.74, 6) is 1.14. The second-order valence-corrected chi connectivity index (χ2v) is 8.57. The zero-order chi connectivity index (χ0) is 21.0. The number of hydroxylamine groups is 1. The summed E-state index contributed by atoms with van der Waals surface area (Å²) in [7, 11) is 0. The number of nitrogens with zero attached hydrogens (tertiary/aromatic N) is 1. The summed E-state index contributed by atoms with van der Waals surface area (Å²) >= 11 is 0. The van der Waals surface area contributed by atoms with Gasteiger partial charge in [0.2, 0.25) is 0 Å². The molecule has 5 heteroatoms. The summed E-state index contributed by atoms with van der Waals surface area (Å²) in [4.78, 5) is 9.85. The molecule has 2 aromatic rings. The molecule has 30 heavy (non-hydrogen) atoms. The lowest BCUT2D eigenvalue weighted by molar-refractivity contribution is 0.120. The number of aromatic nitrogens is 1. The van der Waals surface area contributed by atoms with Crippen molar-refractivity contribution in [2.75, 3.05) is 5.32 Å². The first-order valence-electron chi connectivity index (χ1n) is 10.8. The predicted molar refractivity (Wildman–Crippen MR) is 118 cm³/mol.